The molecule has 2 amide bonds. The maximum atomic E-state index is 11.4. The SMILES string of the molecule is CC1(C)OC1(C)CN1C(=O)CCC1=O. The Balaban J connectivity index is 2.05. The van der Waals surface area contributed by atoms with Gasteiger partial charge in [0.05, 0.1) is 12.1 Å². The maximum absolute atomic E-state index is 11.4. The van der Waals surface area contributed by atoms with Crippen molar-refractivity contribution in [3.05, 3.63) is 0 Å². The molecule has 0 saturated carbocycles. The number of epoxide rings is 1. The van der Waals surface area contributed by atoms with Crippen molar-refractivity contribution in [2.24, 2.45) is 0 Å². The van der Waals surface area contributed by atoms with Crippen LogP contribution in [0, 0.1) is 0 Å². The predicted octanol–water partition coefficient (Wildman–Crippen LogP) is 0.703. The molecule has 0 radical (unpaired) electrons. The molecular formula is C10H15NO3. The van der Waals surface area contributed by atoms with Gasteiger partial charge in [-0.15, -0.1) is 0 Å². The summed E-state index contributed by atoms with van der Waals surface area (Å²) in [5.41, 5.74) is -0.557. The average Bonchev–Trinajstić information content (AvgIpc) is 2.40. The molecule has 14 heavy (non-hydrogen) atoms. The lowest BCUT2D eigenvalue weighted by Crippen LogP contribution is -2.39. The minimum atomic E-state index is -0.345. The molecule has 2 aliphatic heterocycles. The Morgan fingerprint density at radius 2 is 1.64 bits per heavy atom. The average molecular weight is 197 g/mol. The fourth-order valence-corrected chi connectivity index (χ4v) is 1.86. The fourth-order valence-electron chi connectivity index (χ4n) is 1.86. The Hall–Kier alpha value is -0.900. The first-order valence-corrected chi connectivity index (χ1v) is 4.89. The second-order valence-electron chi connectivity index (χ2n) is 4.72. The molecule has 0 aromatic carbocycles. The van der Waals surface area contributed by atoms with E-state index < -0.39 is 0 Å². The first kappa shape index (κ1) is 9.65. The summed E-state index contributed by atoms with van der Waals surface area (Å²) in [6.45, 7) is 6.28. The zero-order chi connectivity index (χ0) is 10.6. The Morgan fingerprint density at radius 1 is 1.21 bits per heavy atom. The summed E-state index contributed by atoms with van der Waals surface area (Å²) in [5.74, 6) is -0.134. The van der Waals surface area contributed by atoms with E-state index in [1.807, 2.05) is 20.8 Å². The molecule has 2 rings (SSSR count). The molecular weight excluding hydrogens is 182 g/mol. The van der Waals surface area contributed by atoms with Crippen LogP contribution in [0.3, 0.4) is 0 Å². The van der Waals surface area contributed by atoms with E-state index in [2.05, 4.69) is 0 Å². The van der Waals surface area contributed by atoms with Crippen LogP contribution in [0.15, 0.2) is 0 Å². The molecule has 2 aliphatic rings. The van der Waals surface area contributed by atoms with Crippen molar-refractivity contribution < 1.29 is 14.3 Å². The number of carbonyl (C=O) groups is 2. The van der Waals surface area contributed by atoms with E-state index in [-0.39, 0.29) is 23.0 Å². The van der Waals surface area contributed by atoms with Crippen molar-refractivity contribution in [2.75, 3.05) is 6.54 Å². The molecule has 0 aromatic rings. The number of hydrogen-bond donors (Lipinski definition) is 0. The van der Waals surface area contributed by atoms with E-state index in [0.717, 1.165) is 0 Å². The largest absolute Gasteiger partial charge is 0.361 e. The number of amides is 2. The number of nitrogens with zero attached hydrogens (tertiary/aromatic N) is 1. The molecule has 2 saturated heterocycles. The van der Waals surface area contributed by atoms with Gasteiger partial charge in [-0.25, -0.2) is 0 Å². The molecule has 4 nitrogen and oxygen atoms in total. The van der Waals surface area contributed by atoms with Crippen molar-refractivity contribution in [3.63, 3.8) is 0 Å². The second kappa shape index (κ2) is 2.57. The van der Waals surface area contributed by atoms with Gasteiger partial charge in [-0.3, -0.25) is 14.5 Å². The highest BCUT2D eigenvalue weighted by molar-refractivity contribution is 6.02. The highest BCUT2D eigenvalue weighted by Crippen LogP contribution is 2.47. The van der Waals surface area contributed by atoms with Crippen molar-refractivity contribution in [2.45, 2.75) is 44.8 Å². The van der Waals surface area contributed by atoms with Gasteiger partial charge in [-0.2, -0.15) is 0 Å². The van der Waals surface area contributed by atoms with E-state index in [1.165, 1.54) is 4.90 Å². The summed E-state index contributed by atoms with van der Waals surface area (Å²) >= 11 is 0. The molecule has 2 heterocycles. The van der Waals surface area contributed by atoms with E-state index in [9.17, 15) is 9.59 Å². The minimum absolute atomic E-state index is 0.0671. The molecule has 1 atom stereocenters. The summed E-state index contributed by atoms with van der Waals surface area (Å²) in [4.78, 5) is 24.0. The predicted molar refractivity (Wildman–Crippen MR) is 49.5 cm³/mol. The monoisotopic (exact) mass is 197 g/mol. The summed E-state index contributed by atoms with van der Waals surface area (Å²) in [7, 11) is 0. The fraction of sp³-hybridized carbons (Fsp3) is 0.800. The van der Waals surface area contributed by atoms with Gasteiger partial charge in [0.15, 0.2) is 0 Å². The smallest absolute Gasteiger partial charge is 0.229 e. The number of carbonyl (C=O) groups excluding carboxylic acids is 2. The van der Waals surface area contributed by atoms with Gasteiger partial charge in [0.25, 0.3) is 0 Å². The van der Waals surface area contributed by atoms with Gasteiger partial charge in [-0.1, -0.05) is 0 Å². The number of hydrogen-bond acceptors (Lipinski definition) is 3. The normalized spacial score (nSPS) is 35.2. The molecule has 78 valence electrons. The van der Waals surface area contributed by atoms with Crippen LogP contribution in [0.25, 0.3) is 0 Å². The van der Waals surface area contributed by atoms with E-state index >= 15 is 0 Å². The molecule has 4 heteroatoms. The third-order valence-corrected chi connectivity index (χ3v) is 3.33. The van der Waals surface area contributed by atoms with E-state index in [1.54, 1.807) is 0 Å². The number of imide groups is 1. The van der Waals surface area contributed by atoms with Crippen LogP contribution in [0.2, 0.25) is 0 Å². The van der Waals surface area contributed by atoms with Gasteiger partial charge in [0.2, 0.25) is 11.8 Å². The Morgan fingerprint density at radius 3 is 2.00 bits per heavy atom. The Kier molecular flexibility index (Phi) is 1.77. The van der Waals surface area contributed by atoms with E-state index in [4.69, 9.17) is 4.74 Å². The lowest BCUT2D eigenvalue weighted by molar-refractivity contribution is -0.139. The zero-order valence-electron chi connectivity index (χ0n) is 8.79. The molecule has 0 bridgehead atoms. The maximum Gasteiger partial charge on any atom is 0.229 e. The van der Waals surface area contributed by atoms with Crippen molar-refractivity contribution in [1.82, 2.24) is 4.90 Å². The Bertz CT molecular complexity index is 294. The van der Waals surface area contributed by atoms with Crippen LogP contribution in [-0.2, 0) is 14.3 Å². The van der Waals surface area contributed by atoms with Gasteiger partial charge < -0.3 is 4.74 Å². The standard InChI is InChI=1S/C10H15NO3/c1-9(2)10(3,14-9)6-11-7(12)4-5-8(11)13/h4-6H2,1-3H3. The van der Waals surface area contributed by atoms with Crippen LogP contribution < -0.4 is 0 Å². The van der Waals surface area contributed by atoms with Crippen molar-refractivity contribution >= 4 is 11.8 Å². The minimum Gasteiger partial charge on any atom is -0.361 e. The highest BCUT2D eigenvalue weighted by atomic mass is 16.6. The second-order valence-corrected chi connectivity index (χ2v) is 4.72. The van der Waals surface area contributed by atoms with Crippen LogP contribution >= 0.6 is 0 Å². The third-order valence-electron chi connectivity index (χ3n) is 3.33. The van der Waals surface area contributed by atoms with Gasteiger partial charge >= 0.3 is 0 Å². The molecule has 0 aromatic heterocycles. The number of ether oxygens (including phenoxy) is 1. The van der Waals surface area contributed by atoms with Crippen LogP contribution in [0.5, 0.6) is 0 Å². The molecule has 0 aliphatic carbocycles. The summed E-state index contributed by atoms with van der Waals surface area (Å²) in [6.07, 6.45) is 0.713. The lowest BCUT2D eigenvalue weighted by Gasteiger charge is -2.17. The first-order chi connectivity index (χ1) is 6.36. The topological polar surface area (TPSA) is 49.9 Å². The first-order valence-electron chi connectivity index (χ1n) is 4.89. The van der Waals surface area contributed by atoms with Gasteiger partial charge in [0.1, 0.15) is 5.60 Å². The molecule has 0 N–H and O–H groups in total. The van der Waals surface area contributed by atoms with Crippen LogP contribution in [-0.4, -0.2) is 34.5 Å². The van der Waals surface area contributed by atoms with E-state index in [0.29, 0.717) is 19.4 Å². The van der Waals surface area contributed by atoms with Gasteiger partial charge in [0, 0.05) is 12.8 Å². The quantitative estimate of drug-likeness (QED) is 0.483. The third kappa shape index (κ3) is 1.25. The van der Waals surface area contributed by atoms with Crippen LogP contribution in [0.4, 0.5) is 0 Å². The zero-order valence-corrected chi connectivity index (χ0v) is 8.79. The molecule has 0 spiro atoms. The summed E-state index contributed by atoms with van der Waals surface area (Å²) in [6, 6.07) is 0. The summed E-state index contributed by atoms with van der Waals surface area (Å²) < 4.78 is 5.50. The summed E-state index contributed by atoms with van der Waals surface area (Å²) in [5, 5.41) is 0. The van der Waals surface area contributed by atoms with Crippen molar-refractivity contribution in [3.8, 4) is 0 Å². The Labute approximate surface area is 83.2 Å². The number of likely N-dealkylation sites (tertiary alicyclic amines) is 1. The lowest BCUT2D eigenvalue weighted by atomic mass is 9.98. The molecule has 1 unspecified atom stereocenters. The van der Waals surface area contributed by atoms with Crippen molar-refractivity contribution in [1.29, 1.82) is 0 Å². The number of rotatable bonds is 2. The van der Waals surface area contributed by atoms with Crippen LogP contribution in [0.1, 0.15) is 33.6 Å². The van der Waals surface area contributed by atoms with Gasteiger partial charge in [-0.05, 0) is 20.8 Å². The molecule has 2 fully saturated rings. The highest BCUT2D eigenvalue weighted by Gasteiger charge is 2.61.